The zero-order valence-electron chi connectivity index (χ0n) is 19.0. The lowest BCUT2D eigenvalue weighted by Crippen LogP contribution is -2.16. The number of rotatable bonds is 5. The molecule has 6 rings (SSSR count). The van der Waals surface area contributed by atoms with E-state index in [2.05, 4.69) is 15.3 Å². The van der Waals surface area contributed by atoms with Gasteiger partial charge in [-0.1, -0.05) is 25.7 Å². The van der Waals surface area contributed by atoms with Crippen LogP contribution in [-0.2, 0) is 0 Å². The number of nitrogens with two attached hydrogens (primary N) is 1. The van der Waals surface area contributed by atoms with Crippen LogP contribution in [0.2, 0.25) is 0 Å². The molecule has 0 spiro atoms. The molecular formula is C26H28FN7. The first-order chi connectivity index (χ1) is 16.7. The summed E-state index contributed by atoms with van der Waals surface area (Å²) >= 11 is 0. The molecule has 0 aliphatic heterocycles. The molecule has 0 unspecified atom stereocenters. The van der Waals surface area contributed by atoms with Gasteiger partial charge in [-0.25, -0.2) is 19.3 Å². The normalized spacial score (nSPS) is 17.1. The molecule has 7 nitrogen and oxygen atoms in total. The number of halogens is 1. The molecule has 2 fully saturated rings. The molecule has 0 amide bonds. The average molecular weight is 458 g/mol. The highest BCUT2D eigenvalue weighted by Crippen LogP contribution is 2.42. The third-order valence-electron chi connectivity index (χ3n) is 7.22. The Kier molecular flexibility index (Phi) is 5.36. The predicted octanol–water partition coefficient (Wildman–Crippen LogP) is 5.59. The van der Waals surface area contributed by atoms with E-state index in [9.17, 15) is 4.39 Å². The van der Waals surface area contributed by atoms with Gasteiger partial charge in [-0.05, 0) is 61.9 Å². The van der Waals surface area contributed by atoms with Crippen molar-refractivity contribution >= 4 is 17.4 Å². The molecular weight excluding hydrogens is 429 g/mol. The highest BCUT2D eigenvalue weighted by molar-refractivity contribution is 5.93. The zero-order chi connectivity index (χ0) is 23.1. The summed E-state index contributed by atoms with van der Waals surface area (Å²) in [7, 11) is 0. The number of hydrogen-bond donors (Lipinski definition) is 2. The maximum absolute atomic E-state index is 13.7. The smallest absolute Gasteiger partial charge is 0.223 e. The van der Waals surface area contributed by atoms with Gasteiger partial charge in [-0.3, -0.25) is 0 Å². The molecule has 1 aromatic carbocycles. The van der Waals surface area contributed by atoms with Crippen molar-refractivity contribution < 1.29 is 4.39 Å². The van der Waals surface area contributed by atoms with Crippen molar-refractivity contribution in [2.45, 2.75) is 63.3 Å². The number of nitrogen functional groups attached to an aromatic ring is 1. The van der Waals surface area contributed by atoms with Crippen molar-refractivity contribution in [2.75, 3.05) is 11.1 Å². The van der Waals surface area contributed by atoms with Crippen molar-refractivity contribution in [1.82, 2.24) is 24.6 Å². The van der Waals surface area contributed by atoms with E-state index in [0.29, 0.717) is 29.6 Å². The van der Waals surface area contributed by atoms with Gasteiger partial charge in [0.05, 0.1) is 16.8 Å². The minimum atomic E-state index is -0.285. The van der Waals surface area contributed by atoms with Gasteiger partial charge in [0, 0.05) is 29.6 Å². The van der Waals surface area contributed by atoms with E-state index in [1.54, 1.807) is 22.8 Å². The van der Waals surface area contributed by atoms with Crippen molar-refractivity contribution in [3.8, 4) is 22.5 Å². The van der Waals surface area contributed by atoms with E-state index in [4.69, 9.17) is 15.8 Å². The Labute approximate surface area is 197 Å². The first-order valence-electron chi connectivity index (χ1n) is 12.2. The van der Waals surface area contributed by atoms with Crippen LogP contribution in [0.5, 0.6) is 0 Å². The predicted molar refractivity (Wildman–Crippen MR) is 131 cm³/mol. The van der Waals surface area contributed by atoms with Gasteiger partial charge >= 0.3 is 0 Å². The molecule has 2 aliphatic rings. The van der Waals surface area contributed by atoms with Crippen LogP contribution in [0, 0.1) is 5.82 Å². The summed E-state index contributed by atoms with van der Waals surface area (Å²) in [5, 5.41) is 8.38. The van der Waals surface area contributed by atoms with E-state index in [-0.39, 0.29) is 5.82 Å². The average Bonchev–Trinajstić information content (AvgIpc) is 3.62. The van der Waals surface area contributed by atoms with Crippen LogP contribution >= 0.6 is 0 Å². The number of anilines is 2. The fourth-order valence-electron chi connectivity index (χ4n) is 5.51. The van der Waals surface area contributed by atoms with Gasteiger partial charge < -0.3 is 11.1 Å². The Morgan fingerprint density at radius 1 is 0.941 bits per heavy atom. The van der Waals surface area contributed by atoms with E-state index < -0.39 is 0 Å². The minimum absolute atomic E-state index is 0.285. The molecule has 8 heteroatoms. The highest BCUT2D eigenvalue weighted by atomic mass is 19.1. The number of benzene rings is 1. The van der Waals surface area contributed by atoms with E-state index in [1.165, 1.54) is 37.8 Å². The monoisotopic (exact) mass is 457 g/mol. The molecule has 0 radical (unpaired) electrons. The zero-order valence-corrected chi connectivity index (χ0v) is 19.0. The molecule has 4 aromatic rings. The van der Waals surface area contributed by atoms with Crippen LogP contribution in [0.4, 0.5) is 16.3 Å². The summed E-state index contributed by atoms with van der Waals surface area (Å²) in [6, 6.07) is 8.73. The number of aromatic nitrogens is 5. The molecule has 0 bridgehead atoms. The van der Waals surface area contributed by atoms with E-state index in [0.717, 1.165) is 53.6 Å². The SMILES string of the molecule is Nc1ncc(C2CCCC2)c2c(-c3ccnc(NC4CCCC4)n3)c(-c3ccc(F)cc3)nn12. The van der Waals surface area contributed by atoms with Crippen LogP contribution < -0.4 is 11.1 Å². The minimum Gasteiger partial charge on any atom is -0.368 e. The van der Waals surface area contributed by atoms with Gasteiger partial charge in [-0.15, -0.1) is 0 Å². The maximum Gasteiger partial charge on any atom is 0.223 e. The number of nitrogens with zero attached hydrogens (tertiary/aromatic N) is 5. The van der Waals surface area contributed by atoms with Crippen LogP contribution in [0.15, 0.2) is 42.7 Å². The first kappa shape index (κ1) is 21.0. The van der Waals surface area contributed by atoms with Gasteiger partial charge in [0.1, 0.15) is 11.5 Å². The van der Waals surface area contributed by atoms with E-state index >= 15 is 0 Å². The summed E-state index contributed by atoms with van der Waals surface area (Å²) in [4.78, 5) is 13.9. The van der Waals surface area contributed by atoms with Crippen molar-refractivity contribution in [2.24, 2.45) is 0 Å². The standard InChI is InChI=1S/C26H28FN7/c27-18-11-9-17(10-12-18)23-22(21-13-14-29-26(32-21)31-19-7-3-4-8-19)24-20(16-5-1-2-6-16)15-30-25(28)34(24)33-23/h9-16,19H,1-8H2,(H2,28,30)(H,29,31,32). The molecule has 2 aliphatic carbocycles. The lowest BCUT2D eigenvalue weighted by atomic mass is 9.94. The second-order valence-corrected chi connectivity index (χ2v) is 9.44. The fourth-order valence-corrected chi connectivity index (χ4v) is 5.51. The van der Waals surface area contributed by atoms with Crippen LogP contribution in [-0.4, -0.2) is 30.6 Å². The highest BCUT2D eigenvalue weighted by Gasteiger charge is 2.27. The van der Waals surface area contributed by atoms with E-state index in [1.807, 2.05) is 12.3 Å². The molecule has 0 atom stereocenters. The number of hydrogen-bond acceptors (Lipinski definition) is 6. The third-order valence-corrected chi connectivity index (χ3v) is 7.22. The molecule has 34 heavy (non-hydrogen) atoms. The Morgan fingerprint density at radius 2 is 1.68 bits per heavy atom. The van der Waals surface area contributed by atoms with Crippen molar-refractivity contribution in [1.29, 1.82) is 0 Å². The van der Waals surface area contributed by atoms with Gasteiger partial charge in [0.2, 0.25) is 11.9 Å². The van der Waals surface area contributed by atoms with Crippen molar-refractivity contribution in [3.05, 3.63) is 54.1 Å². The molecule has 3 N–H and O–H groups in total. The Hall–Kier alpha value is -3.55. The maximum atomic E-state index is 13.7. The second kappa shape index (κ2) is 8.66. The third kappa shape index (κ3) is 3.77. The lowest BCUT2D eigenvalue weighted by Gasteiger charge is -2.14. The summed E-state index contributed by atoms with van der Waals surface area (Å²) in [5.74, 6) is 1.07. The summed E-state index contributed by atoms with van der Waals surface area (Å²) < 4.78 is 15.5. The quantitative estimate of drug-likeness (QED) is 0.406. The summed E-state index contributed by atoms with van der Waals surface area (Å²) in [5.41, 5.74) is 11.6. The molecule has 2 saturated carbocycles. The van der Waals surface area contributed by atoms with Gasteiger partial charge in [-0.2, -0.15) is 9.61 Å². The van der Waals surface area contributed by atoms with Gasteiger partial charge in [0.25, 0.3) is 0 Å². The Bertz CT molecular complexity index is 1320. The second-order valence-electron chi connectivity index (χ2n) is 9.44. The molecule has 3 heterocycles. The largest absolute Gasteiger partial charge is 0.368 e. The number of fused-ring (bicyclic) bond motifs is 1. The van der Waals surface area contributed by atoms with Gasteiger partial charge in [0.15, 0.2) is 0 Å². The van der Waals surface area contributed by atoms with Crippen LogP contribution in [0.3, 0.4) is 0 Å². The topological polar surface area (TPSA) is 94.0 Å². The Morgan fingerprint density at radius 3 is 2.44 bits per heavy atom. The molecule has 0 saturated heterocycles. The molecule has 174 valence electrons. The fraction of sp³-hybridized carbons (Fsp3) is 0.385. The summed E-state index contributed by atoms with van der Waals surface area (Å²) in [6.07, 6.45) is 13.1. The Balaban J connectivity index is 1.57. The first-order valence-corrected chi connectivity index (χ1v) is 12.2. The molecule has 3 aromatic heterocycles. The van der Waals surface area contributed by atoms with Crippen LogP contribution in [0.1, 0.15) is 62.8 Å². The number of nitrogens with one attached hydrogen (secondary N) is 1. The lowest BCUT2D eigenvalue weighted by molar-refractivity contribution is 0.628. The van der Waals surface area contributed by atoms with Crippen molar-refractivity contribution in [3.63, 3.8) is 0 Å². The van der Waals surface area contributed by atoms with Crippen LogP contribution in [0.25, 0.3) is 28.0 Å². The summed E-state index contributed by atoms with van der Waals surface area (Å²) in [6.45, 7) is 0.